The molecule has 0 fully saturated rings. The van der Waals surface area contributed by atoms with E-state index in [1.807, 2.05) is 13.8 Å². The fourth-order valence-corrected chi connectivity index (χ4v) is 0.785. The van der Waals surface area contributed by atoms with Crippen molar-refractivity contribution in [3.05, 3.63) is 30.1 Å². The fraction of sp³-hybridized carbons (Fsp3) is 0.333. The summed E-state index contributed by atoms with van der Waals surface area (Å²) in [5, 5.41) is 0. The molecule has 1 nitrogen and oxygen atoms in total. The molecule has 11 heavy (non-hydrogen) atoms. The average Bonchev–Trinajstić information content (AvgIpc) is 1.93. The molecule has 0 aliphatic rings. The summed E-state index contributed by atoms with van der Waals surface area (Å²) in [5.41, 5.74) is 0. The van der Waals surface area contributed by atoms with E-state index in [4.69, 9.17) is 4.74 Å². The zero-order chi connectivity index (χ0) is 8.27. The Labute approximate surface area is 65.8 Å². The minimum absolute atomic E-state index is 0.139. The maximum Gasteiger partial charge on any atom is 0.123 e. The summed E-state index contributed by atoms with van der Waals surface area (Å²) in [6, 6.07) is 6.01. The van der Waals surface area contributed by atoms with Crippen LogP contribution in [-0.4, -0.2) is 6.10 Å². The van der Waals surface area contributed by atoms with Gasteiger partial charge < -0.3 is 4.74 Å². The van der Waals surface area contributed by atoms with E-state index in [-0.39, 0.29) is 11.9 Å². The van der Waals surface area contributed by atoms with E-state index in [9.17, 15) is 4.39 Å². The quantitative estimate of drug-likeness (QED) is 0.634. The molecule has 60 valence electrons. The molecule has 0 heterocycles. The van der Waals surface area contributed by atoms with Crippen LogP contribution in [0.15, 0.2) is 24.3 Å². The second kappa shape index (κ2) is 3.37. The van der Waals surface area contributed by atoms with Gasteiger partial charge >= 0.3 is 0 Å². The van der Waals surface area contributed by atoms with Crippen molar-refractivity contribution in [1.29, 1.82) is 0 Å². The molecular formula is C9H11FO. The van der Waals surface area contributed by atoms with Crippen molar-refractivity contribution in [1.82, 2.24) is 0 Å². The van der Waals surface area contributed by atoms with Gasteiger partial charge in [-0.3, -0.25) is 0 Å². The number of hydrogen-bond acceptors (Lipinski definition) is 1. The highest BCUT2D eigenvalue weighted by atomic mass is 18.2. The summed E-state index contributed by atoms with van der Waals surface area (Å²) in [7, 11) is 0. The first-order valence-electron chi connectivity index (χ1n) is 3.60. The Morgan fingerprint density at radius 2 is 1.73 bits per heavy atom. The zero-order valence-electron chi connectivity index (χ0n) is 6.67. The lowest BCUT2D eigenvalue weighted by Gasteiger charge is -2.08. The van der Waals surface area contributed by atoms with Crippen molar-refractivity contribution in [3.63, 3.8) is 0 Å². The number of ether oxygens (including phenoxy) is 1. The molecule has 1 aromatic rings. The minimum atomic E-state index is -0.235. The number of halogens is 1. The van der Waals surface area contributed by atoms with Crippen molar-refractivity contribution in [2.75, 3.05) is 0 Å². The predicted molar refractivity (Wildman–Crippen MR) is 42.2 cm³/mol. The summed E-state index contributed by atoms with van der Waals surface area (Å²) >= 11 is 0. The van der Waals surface area contributed by atoms with E-state index in [1.165, 1.54) is 12.1 Å². The van der Waals surface area contributed by atoms with Crippen molar-refractivity contribution >= 4 is 0 Å². The third-order valence-electron chi connectivity index (χ3n) is 1.19. The summed E-state index contributed by atoms with van der Waals surface area (Å²) in [4.78, 5) is 0. The van der Waals surface area contributed by atoms with Crippen LogP contribution >= 0.6 is 0 Å². The molecule has 1 rings (SSSR count). The largest absolute Gasteiger partial charge is 0.491 e. The molecule has 2 heteroatoms. The van der Waals surface area contributed by atoms with Crippen LogP contribution in [0.3, 0.4) is 0 Å². The predicted octanol–water partition coefficient (Wildman–Crippen LogP) is 2.61. The third kappa shape index (κ3) is 2.58. The van der Waals surface area contributed by atoms with Crippen LogP contribution in [0.5, 0.6) is 5.75 Å². The van der Waals surface area contributed by atoms with Crippen LogP contribution < -0.4 is 4.74 Å². The van der Waals surface area contributed by atoms with E-state index in [0.717, 1.165) is 0 Å². The Morgan fingerprint density at radius 1 is 1.18 bits per heavy atom. The van der Waals surface area contributed by atoms with Gasteiger partial charge in [0.1, 0.15) is 11.6 Å². The van der Waals surface area contributed by atoms with Crippen LogP contribution in [-0.2, 0) is 0 Å². The average molecular weight is 153 g/mol. The topological polar surface area (TPSA) is 9.23 Å². The van der Waals surface area contributed by atoms with Crippen LogP contribution in [0.2, 0.25) is 0 Å². The SMILES string of the molecule is CC(C)Oc1ccc([18F])cc1. The van der Waals surface area contributed by atoms with Crippen molar-refractivity contribution < 1.29 is 9.13 Å². The smallest absolute Gasteiger partial charge is 0.123 e. The van der Waals surface area contributed by atoms with Gasteiger partial charge in [0, 0.05) is 0 Å². The van der Waals surface area contributed by atoms with Gasteiger partial charge in [0.05, 0.1) is 6.10 Å². The van der Waals surface area contributed by atoms with E-state index < -0.39 is 0 Å². The molecular weight excluding hydrogens is 142 g/mol. The molecule has 0 bridgehead atoms. The highest BCUT2D eigenvalue weighted by Gasteiger charge is 1.96. The van der Waals surface area contributed by atoms with E-state index in [2.05, 4.69) is 0 Å². The molecule has 0 N–H and O–H groups in total. The highest BCUT2D eigenvalue weighted by Crippen LogP contribution is 2.12. The molecule has 0 atom stereocenters. The summed E-state index contributed by atoms with van der Waals surface area (Å²) in [6.45, 7) is 3.87. The lowest BCUT2D eigenvalue weighted by atomic mass is 10.3. The van der Waals surface area contributed by atoms with Crippen molar-refractivity contribution in [2.24, 2.45) is 0 Å². The maximum atomic E-state index is 12.4. The molecule has 0 unspecified atom stereocenters. The van der Waals surface area contributed by atoms with Gasteiger partial charge in [0.2, 0.25) is 0 Å². The lowest BCUT2D eigenvalue weighted by Crippen LogP contribution is -2.05. The van der Waals surface area contributed by atoms with Crippen LogP contribution in [0.4, 0.5) is 4.39 Å². The Kier molecular flexibility index (Phi) is 2.47. The monoisotopic (exact) mass is 153 g/mol. The van der Waals surface area contributed by atoms with Crippen molar-refractivity contribution in [2.45, 2.75) is 20.0 Å². The first-order chi connectivity index (χ1) is 5.18. The minimum Gasteiger partial charge on any atom is -0.491 e. The van der Waals surface area contributed by atoms with E-state index >= 15 is 0 Å². The molecule has 0 radical (unpaired) electrons. The van der Waals surface area contributed by atoms with Gasteiger partial charge in [-0.15, -0.1) is 0 Å². The molecule has 1 aromatic carbocycles. The van der Waals surface area contributed by atoms with Crippen LogP contribution in [0.25, 0.3) is 0 Å². The standard InChI is InChI=1S/C9H11FO/c1-7(2)11-9-5-3-8(10)4-6-9/h3-7H,1-2H3/i10-1. The normalized spacial score (nSPS) is 10.2. The highest BCUT2D eigenvalue weighted by molar-refractivity contribution is 5.22. The van der Waals surface area contributed by atoms with Crippen molar-refractivity contribution in [3.8, 4) is 5.75 Å². The van der Waals surface area contributed by atoms with Gasteiger partial charge in [-0.25, -0.2) is 4.39 Å². The molecule has 0 saturated carbocycles. The van der Waals surface area contributed by atoms with E-state index in [0.29, 0.717) is 5.75 Å². The fourth-order valence-electron chi connectivity index (χ4n) is 0.785. The van der Waals surface area contributed by atoms with Gasteiger partial charge in [-0.2, -0.15) is 0 Å². The molecule has 0 saturated heterocycles. The summed E-state index contributed by atoms with van der Waals surface area (Å²) < 4.78 is 17.7. The van der Waals surface area contributed by atoms with Crippen LogP contribution in [0.1, 0.15) is 13.8 Å². The number of benzene rings is 1. The van der Waals surface area contributed by atoms with Gasteiger partial charge in [-0.1, -0.05) is 0 Å². The Bertz CT molecular complexity index is 216. The number of hydrogen-bond donors (Lipinski definition) is 0. The zero-order valence-corrected chi connectivity index (χ0v) is 6.67. The summed E-state index contributed by atoms with van der Waals surface area (Å²) in [5.74, 6) is 0.475. The summed E-state index contributed by atoms with van der Waals surface area (Å²) in [6.07, 6.45) is 0.139. The molecule has 0 aromatic heterocycles. The van der Waals surface area contributed by atoms with Crippen LogP contribution in [0, 0.1) is 5.82 Å². The molecule has 0 amide bonds. The Hall–Kier alpha value is -1.05. The Balaban J connectivity index is 2.66. The maximum absolute atomic E-state index is 12.4. The first-order valence-corrected chi connectivity index (χ1v) is 3.60. The molecule has 0 spiro atoms. The second-order valence-corrected chi connectivity index (χ2v) is 2.62. The van der Waals surface area contributed by atoms with Gasteiger partial charge in [0.25, 0.3) is 0 Å². The third-order valence-corrected chi connectivity index (χ3v) is 1.19. The lowest BCUT2D eigenvalue weighted by molar-refractivity contribution is 0.242. The molecule has 0 aliphatic heterocycles. The first kappa shape index (κ1) is 8.05. The Morgan fingerprint density at radius 3 is 2.18 bits per heavy atom. The van der Waals surface area contributed by atoms with E-state index in [1.54, 1.807) is 12.1 Å². The van der Waals surface area contributed by atoms with Gasteiger partial charge in [0.15, 0.2) is 0 Å². The molecule has 0 aliphatic carbocycles. The number of rotatable bonds is 2. The second-order valence-electron chi connectivity index (χ2n) is 2.62. The van der Waals surface area contributed by atoms with Gasteiger partial charge in [-0.05, 0) is 38.1 Å².